The first-order chi connectivity index (χ1) is 14.7. The van der Waals surface area contributed by atoms with Gasteiger partial charge in [0.05, 0.1) is 18.4 Å². The van der Waals surface area contributed by atoms with Crippen molar-refractivity contribution < 1.29 is 9.47 Å². The highest BCUT2D eigenvalue weighted by atomic mass is 16.5. The third-order valence-electron chi connectivity index (χ3n) is 5.19. The Balaban J connectivity index is 0.00000124. The third kappa shape index (κ3) is 5.19. The number of methoxy groups -OCH3 is 1. The molecule has 1 aliphatic rings. The highest BCUT2D eigenvalue weighted by Gasteiger charge is 2.16. The largest absolute Gasteiger partial charge is 0.496 e. The first kappa shape index (κ1) is 21.8. The van der Waals surface area contributed by atoms with E-state index in [-0.39, 0.29) is 0 Å². The molecule has 0 saturated heterocycles. The van der Waals surface area contributed by atoms with E-state index in [0.717, 1.165) is 54.3 Å². The SMILES string of the molecule is CC.COc1cccc(OCc2cc(C)ccn2)c1-c1ccc2c(c1)CCNCC2. The molecule has 0 bridgehead atoms. The molecule has 0 radical (unpaired) electrons. The zero-order valence-electron chi connectivity index (χ0n) is 18.5. The number of hydrogen-bond acceptors (Lipinski definition) is 4. The van der Waals surface area contributed by atoms with Crippen LogP contribution >= 0.6 is 0 Å². The topological polar surface area (TPSA) is 43.4 Å². The lowest BCUT2D eigenvalue weighted by Crippen LogP contribution is -2.16. The van der Waals surface area contributed by atoms with Crippen LogP contribution in [0.2, 0.25) is 0 Å². The van der Waals surface area contributed by atoms with Crippen molar-refractivity contribution in [2.75, 3.05) is 20.2 Å². The van der Waals surface area contributed by atoms with E-state index in [1.807, 2.05) is 44.3 Å². The van der Waals surface area contributed by atoms with Gasteiger partial charge in [0.2, 0.25) is 0 Å². The van der Waals surface area contributed by atoms with Gasteiger partial charge >= 0.3 is 0 Å². The summed E-state index contributed by atoms with van der Waals surface area (Å²) in [6, 6.07) is 16.7. The van der Waals surface area contributed by atoms with Gasteiger partial charge in [-0.1, -0.05) is 38.1 Å². The first-order valence-corrected chi connectivity index (χ1v) is 10.8. The fourth-order valence-electron chi connectivity index (χ4n) is 3.74. The lowest BCUT2D eigenvalue weighted by atomic mass is 9.95. The second-order valence-corrected chi connectivity index (χ2v) is 7.18. The Labute approximate surface area is 180 Å². The van der Waals surface area contributed by atoms with Crippen molar-refractivity contribution in [3.05, 3.63) is 77.1 Å². The summed E-state index contributed by atoms with van der Waals surface area (Å²) in [6.07, 6.45) is 3.94. The molecule has 0 fully saturated rings. The maximum atomic E-state index is 6.19. The maximum Gasteiger partial charge on any atom is 0.131 e. The van der Waals surface area contributed by atoms with Gasteiger partial charge in [-0.2, -0.15) is 0 Å². The van der Waals surface area contributed by atoms with E-state index in [4.69, 9.17) is 9.47 Å². The van der Waals surface area contributed by atoms with Crippen LogP contribution in [0.25, 0.3) is 11.1 Å². The molecular weight excluding hydrogens is 372 g/mol. The van der Waals surface area contributed by atoms with E-state index >= 15 is 0 Å². The van der Waals surface area contributed by atoms with Crippen molar-refractivity contribution in [1.29, 1.82) is 0 Å². The summed E-state index contributed by atoms with van der Waals surface area (Å²) in [6.45, 7) is 8.55. The number of fused-ring (bicyclic) bond motifs is 1. The molecule has 0 atom stereocenters. The van der Waals surface area contributed by atoms with Crippen molar-refractivity contribution in [1.82, 2.24) is 10.3 Å². The Hall–Kier alpha value is -2.85. The van der Waals surface area contributed by atoms with E-state index in [0.29, 0.717) is 6.61 Å². The summed E-state index contributed by atoms with van der Waals surface area (Å²) in [4.78, 5) is 4.40. The van der Waals surface area contributed by atoms with Crippen LogP contribution in [0.3, 0.4) is 0 Å². The van der Waals surface area contributed by atoms with Gasteiger partial charge in [0.25, 0.3) is 0 Å². The second kappa shape index (κ2) is 10.8. The molecule has 30 heavy (non-hydrogen) atoms. The van der Waals surface area contributed by atoms with Crippen LogP contribution in [0, 0.1) is 6.92 Å². The number of ether oxygens (including phenoxy) is 2. The highest BCUT2D eigenvalue weighted by Crippen LogP contribution is 2.39. The van der Waals surface area contributed by atoms with E-state index in [1.165, 1.54) is 16.7 Å². The Morgan fingerprint density at radius 2 is 1.70 bits per heavy atom. The van der Waals surface area contributed by atoms with Crippen LogP contribution in [0.1, 0.15) is 36.2 Å². The molecular formula is C26H32N2O2. The van der Waals surface area contributed by atoms with E-state index in [2.05, 4.69) is 41.5 Å². The molecule has 0 unspecified atom stereocenters. The predicted octanol–water partition coefficient (Wildman–Crippen LogP) is 5.36. The van der Waals surface area contributed by atoms with Crippen molar-refractivity contribution in [3.63, 3.8) is 0 Å². The van der Waals surface area contributed by atoms with Gasteiger partial charge in [0, 0.05) is 6.20 Å². The number of aryl methyl sites for hydroxylation is 1. The molecule has 4 nitrogen and oxygen atoms in total. The van der Waals surface area contributed by atoms with Gasteiger partial charge in [-0.05, 0) is 79.4 Å². The summed E-state index contributed by atoms with van der Waals surface area (Å²) in [5.41, 5.74) is 7.05. The number of nitrogens with one attached hydrogen (secondary N) is 1. The monoisotopic (exact) mass is 404 g/mol. The normalized spacial score (nSPS) is 12.8. The molecule has 2 heterocycles. The van der Waals surface area contributed by atoms with Crippen LogP contribution in [-0.4, -0.2) is 25.2 Å². The highest BCUT2D eigenvalue weighted by molar-refractivity contribution is 5.77. The molecule has 3 aromatic rings. The third-order valence-corrected chi connectivity index (χ3v) is 5.19. The average Bonchev–Trinajstić information content (AvgIpc) is 3.03. The minimum absolute atomic E-state index is 0.427. The number of pyridine rings is 1. The van der Waals surface area contributed by atoms with Gasteiger partial charge in [-0.15, -0.1) is 0 Å². The van der Waals surface area contributed by atoms with Crippen LogP contribution in [0.15, 0.2) is 54.7 Å². The molecule has 4 rings (SSSR count). The molecule has 0 saturated carbocycles. The molecule has 2 aromatic carbocycles. The zero-order chi connectivity index (χ0) is 21.3. The van der Waals surface area contributed by atoms with E-state index in [9.17, 15) is 0 Å². The van der Waals surface area contributed by atoms with Gasteiger partial charge in [-0.3, -0.25) is 4.98 Å². The minimum atomic E-state index is 0.427. The van der Waals surface area contributed by atoms with Crippen LogP contribution in [0.5, 0.6) is 11.5 Å². The van der Waals surface area contributed by atoms with Crippen LogP contribution in [0.4, 0.5) is 0 Å². The second-order valence-electron chi connectivity index (χ2n) is 7.18. The zero-order valence-corrected chi connectivity index (χ0v) is 18.5. The Kier molecular flexibility index (Phi) is 7.86. The Bertz CT molecular complexity index is 969. The number of rotatable bonds is 5. The van der Waals surface area contributed by atoms with Crippen molar-refractivity contribution in [2.24, 2.45) is 0 Å². The first-order valence-electron chi connectivity index (χ1n) is 10.8. The van der Waals surface area contributed by atoms with Crippen LogP contribution in [-0.2, 0) is 19.4 Å². The Morgan fingerprint density at radius 3 is 2.47 bits per heavy atom. The van der Waals surface area contributed by atoms with Gasteiger partial charge in [0.1, 0.15) is 18.1 Å². The van der Waals surface area contributed by atoms with E-state index < -0.39 is 0 Å². The summed E-state index contributed by atoms with van der Waals surface area (Å²) in [5.74, 6) is 1.63. The fraction of sp³-hybridized carbons (Fsp3) is 0.346. The average molecular weight is 405 g/mol. The maximum absolute atomic E-state index is 6.19. The van der Waals surface area contributed by atoms with E-state index in [1.54, 1.807) is 7.11 Å². The fourth-order valence-corrected chi connectivity index (χ4v) is 3.74. The van der Waals surface area contributed by atoms with Gasteiger partial charge in [-0.25, -0.2) is 0 Å². The van der Waals surface area contributed by atoms with Gasteiger partial charge in [0.15, 0.2) is 0 Å². The standard InChI is InChI=1S/C24H26N2O2.C2H6/c1-17-8-13-26-21(14-17)16-28-23-5-3-4-22(27-2)24(23)20-7-6-18-9-11-25-12-10-19(18)15-20;1-2/h3-8,13-15,25H,9-12,16H2,1-2H3;1-2H3. The molecule has 0 aliphatic carbocycles. The Morgan fingerprint density at radius 1 is 0.933 bits per heavy atom. The summed E-state index contributed by atoms with van der Waals surface area (Å²) < 4.78 is 11.9. The molecule has 158 valence electrons. The minimum Gasteiger partial charge on any atom is -0.496 e. The smallest absolute Gasteiger partial charge is 0.131 e. The number of nitrogens with zero attached hydrogens (tertiary/aromatic N) is 1. The summed E-state index contributed by atoms with van der Waals surface area (Å²) in [7, 11) is 1.71. The predicted molar refractivity (Wildman–Crippen MR) is 123 cm³/mol. The number of aromatic nitrogens is 1. The van der Waals surface area contributed by atoms with Gasteiger partial charge < -0.3 is 14.8 Å². The van der Waals surface area contributed by atoms with Crippen LogP contribution < -0.4 is 14.8 Å². The quantitative estimate of drug-likeness (QED) is 0.622. The number of hydrogen-bond donors (Lipinski definition) is 1. The lowest BCUT2D eigenvalue weighted by Gasteiger charge is -2.17. The molecule has 4 heteroatoms. The summed E-state index contributed by atoms with van der Waals surface area (Å²) >= 11 is 0. The van der Waals surface area contributed by atoms with Crippen molar-refractivity contribution >= 4 is 0 Å². The number of benzene rings is 2. The molecule has 1 aromatic heterocycles. The lowest BCUT2D eigenvalue weighted by molar-refractivity contribution is 0.300. The molecule has 1 N–H and O–H groups in total. The molecule has 1 aliphatic heterocycles. The molecule has 0 amide bonds. The molecule has 0 spiro atoms. The van der Waals surface area contributed by atoms with Crippen molar-refractivity contribution in [3.8, 4) is 22.6 Å². The van der Waals surface area contributed by atoms with Crippen molar-refractivity contribution in [2.45, 2.75) is 40.2 Å². The summed E-state index contributed by atoms with van der Waals surface area (Å²) in [5, 5.41) is 3.47.